The molecule has 0 saturated heterocycles. The van der Waals surface area contributed by atoms with Crippen LogP contribution in [0.25, 0.3) is 56.1 Å². The molecule has 0 aliphatic rings. The Labute approximate surface area is 192 Å². The summed E-state index contributed by atoms with van der Waals surface area (Å²) >= 11 is 0. The van der Waals surface area contributed by atoms with Gasteiger partial charge in [0.05, 0.1) is 22.1 Å². The third kappa shape index (κ3) is 3.21. The number of nitrogens with one attached hydrogen (secondary N) is 4. The average molecular weight is 446 g/mol. The van der Waals surface area contributed by atoms with Crippen LogP contribution in [-0.2, 0) is 0 Å². The first-order valence-corrected chi connectivity index (χ1v) is 10.4. The number of hydrogen-bond acceptors (Lipinski definition) is 6. The van der Waals surface area contributed by atoms with E-state index in [1.165, 1.54) is 0 Å². The van der Waals surface area contributed by atoms with E-state index in [1.807, 2.05) is 36.4 Å². The number of fused-ring (bicyclic) bond motifs is 3. The van der Waals surface area contributed by atoms with Crippen molar-refractivity contribution in [3.63, 3.8) is 0 Å². The standard InChI is InChI=1S/C24H18N10/c25-20(26)12-3-5-14-18(9-12)33-23(29-14)16-7-1-11-2-8-17(32-22(11)31-16)24-30-15-6-4-13(21(27)28)10-19(15)34-24/h1-10H,(H3,25,26)(H3,27,28)(H,29,33)(H,30,34). The lowest BCUT2D eigenvalue weighted by Crippen LogP contribution is -2.10. The Bertz CT molecular complexity index is 1650. The third-order valence-corrected chi connectivity index (χ3v) is 5.63. The first-order chi connectivity index (χ1) is 16.4. The Morgan fingerprint density at radius 2 is 1.09 bits per heavy atom. The van der Waals surface area contributed by atoms with Crippen LogP contribution < -0.4 is 11.5 Å². The van der Waals surface area contributed by atoms with Crippen LogP contribution in [0.5, 0.6) is 0 Å². The molecular formula is C24H18N10. The van der Waals surface area contributed by atoms with Crippen molar-refractivity contribution in [3.8, 4) is 23.0 Å². The molecule has 34 heavy (non-hydrogen) atoms. The number of H-pyrrole nitrogens is 2. The summed E-state index contributed by atoms with van der Waals surface area (Å²) in [4.78, 5) is 25.2. The van der Waals surface area contributed by atoms with Crippen LogP contribution in [0.1, 0.15) is 11.1 Å². The molecular weight excluding hydrogens is 428 g/mol. The summed E-state index contributed by atoms with van der Waals surface area (Å²) in [6.07, 6.45) is 0. The molecule has 6 aromatic rings. The number of pyridine rings is 2. The molecule has 0 aliphatic carbocycles. The molecule has 0 bridgehead atoms. The van der Waals surface area contributed by atoms with E-state index in [0.717, 1.165) is 16.4 Å². The second-order valence-electron chi connectivity index (χ2n) is 7.90. The van der Waals surface area contributed by atoms with Gasteiger partial charge in [0, 0.05) is 16.5 Å². The van der Waals surface area contributed by atoms with Crippen LogP contribution >= 0.6 is 0 Å². The van der Waals surface area contributed by atoms with Gasteiger partial charge in [0.25, 0.3) is 0 Å². The topological polar surface area (TPSA) is 183 Å². The Hall–Kier alpha value is -5.12. The van der Waals surface area contributed by atoms with Crippen LogP contribution in [0.4, 0.5) is 0 Å². The zero-order chi connectivity index (χ0) is 23.4. The summed E-state index contributed by atoms with van der Waals surface area (Å²) in [5, 5.41) is 16.1. The molecule has 0 amide bonds. The lowest BCUT2D eigenvalue weighted by atomic mass is 10.2. The maximum absolute atomic E-state index is 7.62. The van der Waals surface area contributed by atoms with Crippen molar-refractivity contribution >= 4 is 44.8 Å². The van der Waals surface area contributed by atoms with Gasteiger partial charge in [0.2, 0.25) is 0 Å². The normalized spacial score (nSPS) is 11.4. The second-order valence-corrected chi connectivity index (χ2v) is 7.90. The minimum absolute atomic E-state index is 0.00452. The van der Waals surface area contributed by atoms with Gasteiger partial charge in [-0.25, -0.2) is 19.9 Å². The number of nitrogens with two attached hydrogens (primary N) is 2. The van der Waals surface area contributed by atoms with E-state index in [9.17, 15) is 0 Å². The van der Waals surface area contributed by atoms with Gasteiger partial charge in [0.15, 0.2) is 17.3 Å². The number of aromatic nitrogens is 6. The Kier molecular flexibility index (Phi) is 4.14. The van der Waals surface area contributed by atoms with Crippen LogP contribution in [0.15, 0.2) is 60.7 Å². The maximum Gasteiger partial charge on any atom is 0.160 e. The molecule has 4 aromatic heterocycles. The molecule has 10 heteroatoms. The number of aromatic amines is 2. The van der Waals surface area contributed by atoms with Gasteiger partial charge in [-0.05, 0) is 60.7 Å². The van der Waals surface area contributed by atoms with Crippen molar-refractivity contribution in [1.82, 2.24) is 29.9 Å². The van der Waals surface area contributed by atoms with Gasteiger partial charge in [-0.15, -0.1) is 0 Å². The van der Waals surface area contributed by atoms with E-state index < -0.39 is 0 Å². The van der Waals surface area contributed by atoms with E-state index in [1.54, 1.807) is 24.3 Å². The van der Waals surface area contributed by atoms with Crippen molar-refractivity contribution in [3.05, 3.63) is 71.8 Å². The van der Waals surface area contributed by atoms with Crippen LogP contribution in [0.2, 0.25) is 0 Å². The quantitative estimate of drug-likeness (QED) is 0.178. The van der Waals surface area contributed by atoms with Gasteiger partial charge in [0.1, 0.15) is 23.1 Å². The van der Waals surface area contributed by atoms with Crippen LogP contribution in [-0.4, -0.2) is 41.6 Å². The number of benzene rings is 2. The molecule has 8 N–H and O–H groups in total. The van der Waals surface area contributed by atoms with E-state index in [4.69, 9.17) is 32.3 Å². The van der Waals surface area contributed by atoms with E-state index in [2.05, 4.69) is 19.9 Å². The molecule has 0 unspecified atom stereocenters. The summed E-state index contributed by atoms with van der Waals surface area (Å²) in [6, 6.07) is 18.5. The molecule has 0 aliphatic heterocycles. The van der Waals surface area contributed by atoms with Gasteiger partial charge in [-0.2, -0.15) is 0 Å². The second kappa shape index (κ2) is 7.20. The highest BCUT2D eigenvalue weighted by atomic mass is 15.0. The lowest BCUT2D eigenvalue weighted by Gasteiger charge is -2.02. The van der Waals surface area contributed by atoms with E-state index in [-0.39, 0.29) is 11.7 Å². The number of imidazole rings is 2. The SMILES string of the molecule is N=C(N)c1ccc2[nH]c(-c3ccc4ccc(-c5nc6cc(C(=N)N)ccc6[nH]5)nc4n3)nc2c1. The lowest BCUT2D eigenvalue weighted by molar-refractivity contribution is 1.21. The molecule has 0 fully saturated rings. The first kappa shape index (κ1) is 19.6. The largest absolute Gasteiger partial charge is 0.384 e. The van der Waals surface area contributed by atoms with Crippen molar-refractivity contribution in [2.45, 2.75) is 0 Å². The molecule has 0 spiro atoms. The third-order valence-electron chi connectivity index (χ3n) is 5.63. The maximum atomic E-state index is 7.62. The predicted octanol–water partition coefficient (Wildman–Crippen LogP) is 3.28. The zero-order valence-corrected chi connectivity index (χ0v) is 17.7. The summed E-state index contributed by atoms with van der Waals surface area (Å²) in [5.74, 6) is 1.20. The van der Waals surface area contributed by atoms with Crippen LogP contribution in [0.3, 0.4) is 0 Å². The molecule has 6 rings (SSSR count). The zero-order valence-electron chi connectivity index (χ0n) is 17.7. The van der Waals surface area contributed by atoms with Gasteiger partial charge in [-0.1, -0.05) is 0 Å². The van der Waals surface area contributed by atoms with Crippen LogP contribution in [0, 0.1) is 10.8 Å². The van der Waals surface area contributed by atoms with Gasteiger partial charge in [-0.3, -0.25) is 10.8 Å². The smallest absolute Gasteiger partial charge is 0.160 e. The number of nitrogen functional groups attached to an aromatic ring is 2. The first-order valence-electron chi connectivity index (χ1n) is 10.4. The highest BCUT2D eigenvalue weighted by Gasteiger charge is 2.12. The van der Waals surface area contributed by atoms with Gasteiger partial charge < -0.3 is 21.4 Å². The van der Waals surface area contributed by atoms with Crippen molar-refractivity contribution in [2.24, 2.45) is 11.5 Å². The van der Waals surface area contributed by atoms with Crippen molar-refractivity contribution in [2.75, 3.05) is 0 Å². The summed E-state index contributed by atoms with van der Waals surface area (Å²) in [5.41, 5.74) is 17.3. The summed E-state index contributed by atoms with van der Waals surface area (Å²) in [7, 11) is 0. The molecule has 2 aromatic carbocycles. The fraction of sp³-hybridized carbons (Fsp3) is 0. The molecule has 0 radical (unpaired) electrons. The molecule has 10 nitrogen and oxygen atoms in total. The van der Waals surface area contributed by atoms with E-state index in [0.29, 0.717) is 50.8 Å². The minimum atomic E-state index is -0.00452. The highest BCUT2D eigenvalue weighted by Crippen LogP contribution is 2.25. The average Bonchev–Trinajstić information content (AvgIpc) is 3.46. The molecule has 0 saturated carbocycles. The highest BCUT2D eigenvalue weighted by molar-refractivity contribution is 5.99. The Morgan fingerprint density at radius 1 is 0.618 bits per heavy atom. The number of amidine groups is 2. The van der Waals surface area contributed by atoms with Crippen molar-refractivity contribution < 1.29 is 0 Å². The molecule has 4 heterocycles. The van der Waals surface area contributed by atoms with E-state index >= 15 is 0 Å². The number of rotatable bonds is 4. The number of hydrogen-bond donors (Lipinski definition) is 6. The fourth-order valence-electron chi connectivity index (χ4n) is 3.85. The fourth-order valence-corrected chi connectivity index (χ4v) is 3.85. The minimum Gasteiger partial charge on any atom is -0.384 e. The Balaban J connectivity index is 1.41. The van der Waals surface area contributed by atoms with Crippen molar-refractivity contribution in [1.29, 1.82) is 10.8 Å². The summed E-state index contributed by atoms with van der Waals surface area (Å²) in [6.45, 7) is 0. The summed E-state index contributed by atoms with van der Waals surface area (Å²) < 4.78 is 0. The number of nitrogens with zero attached hydrogens (tertiary/aromatic N) is 4. The predicted molar refractivity (Wildman–Crippen MR) is 132 cm³/mol. The molecule has 0 atom stereocenters. The Morgan fingerprint density at radius 3 is 1.53 bits per heavy atom. The molecule has 164 valence electrons. The monoisotopic (exact) mass is 446 g/mol. The van der Waals surface area contributed by atoms with Gasteiger partial charge >= 0.3 is 0 Å².